The molecule has 0 bridgehead atoms. The van der Waals surface area contributed by atoms with Gasteiger partial charge in [-0.05, 0) is 0 Å². The first-order valence-electron chi connectivity index (χ1n) is 4.21. The van der Waals surface area contributed by atoms with Crippen LogP contribution in [0.15, 0.2) is 10.6 Å². The molecule has 0 aliphatic carbocycles. The summed E-state index contributed by atoms with van der Waals surface area (Å²) in [4.78, 5) is 11.2. The van der Waals surface area contributed by atoms with Gasteiger partial charge in [-0.1, -0.05) is 12.1 Å². The summed E-state index contributed by atoms with van der Waals surface area (Å²) in [7, 11) is 0. The highest BCUT2D eigenvalue weighted by Gasteiger charge is 2.10. The molecule has 1 heterocycles. The highest BCUT2D eigenvalue weighted by molar-refractivity contribution is 5.92. The van der Waals surface area contributed by atoms with Crippen LogP contribution < -0.4 is 11.1 Å². The van der Waals surface area contributed by atoms with Crippen LogP contribution in [0.25, 0.3) is 0 Å². The van der Waals surface area contributed by atoms with E-state index < -0.39 is 0 Å². The van der Waals surface area contributed by atoms with Gasteiger partial charge in [-0.15, -0.1) is 0 Å². The zero-order valence-electron chi connectivity index (χ0n) is 7.54. The number of nitrogens with one attached hydrogen (secondary N) is 1. The Balaban J connectivity index is 2.55. The van der Waals surface area contributed by atoms with E-state index in [1.807, 2.05) is 6.92 Å². The van der Waals surface area contributed by atoms with Crippen LogP contribution in [-0.4, -0.2) is 24.2 Å². The van der Waals surface area contributed by atoms with Gasteiger partial charge in [0.25, 0.3) is 5.91 Å². The Morgan fingerprint density at radius 1 is 1.77 bits per heavy atom. The highest BCUT2D eigenvalue weighted by atomic mass is 16.5. The summed E-state index contributed by atoms with van der Waals surface area (Å²) in [5, 5.41) is 6.21. The molecule has 0 unspecified atom stereocenters. The number of hydrogen-bond donors (Lipinski definition) is 2. The van der Waals surface area contributed by atoms with E-state index in [2.05, 4.69) is 10.5 Å². The van der Waals surface area contributed by atoms with E-state index in [-0.39, 0.29) is 5.91 Å². The number of amides is 1. The van der Waals surface area contributed by atoms with Crippen LogP contribution in [0.1, 0.15) is 23.2 Å². The molecule has 1 rings (SSSR count). The number of nitrogens with zero attached hydrogens (tertiary/aromatic N) is 1. The molecular formula is C8H13N3O2. The molecule has 0 saturated carbocycles. The van der Waals surface area contributed by atoms with Gasteiger partial charge in [0.2, 0.25) is 0 Å². The lowest BCUT2D eigenvalue weighted by Crippen LogP contribution is -2.29. The minimum absolute atomic E-state index is 0.242. The first-order chi connectivity index (χ1) is 6.27. The van der Waals surface area contributed by atoms with Crippen LogP contribution in [0.4, 0.5) is 0 Å². The zero-order valence-corrected chi connectivity index (χ0v) is 7.54. The normalized spacial score (nSPS) is 10.0. The van der Waals surface area contributed by atoms with E-state index in [1.54, 1.807) is 6.07 Å². The molecule has 72 valence electrons. The number of aryl methyl sites for hydroxylation is 1. The van der Waals surface area contributed by atoms with Crippen molar-refractivity contribution in [2.24, 2.45) is 5.73 Å². The summed E-state index contributed by atoms with van der Waals surface area (Å²) < 4.78 is 4.87. The number of aromatic nitrogens is 1. The van der Waals surface area contributed by atoms with Crippen molar-refractivity contribution in [1.29, 1.82) is 0 Å². The van der Waals surface area contributed by atoms with Crippen molar-refractivity contribution in [1.82, 2.24) is 10.5 Å². The fourth-order valence-electron chi connectivity index (χ4n) is 0.863. The first kappa shape index (κ1) is 9.73. The van der Waals surface area contributed by atoms with Crippen molar-refractivity contribution >= 4 is 5.91 Å². The topological polar surface area (TPSA) is 81.2 Å². The predicted octanol–water partition coefficient (Wildman–Crippen LogP) is -0.0745. The summed E-state index contributed by atoms with van der Waals surface area (Å²) in [6.07, 6.45) is 0.733. The molecular weight excluding hydrogens is 170 g/mol. The molecule has 0 aliphatic heterocycles. The number of hydrogen-bond acceptors (Lipinski definition) is 4. The van der Waals surface area contributed by atoms with Crippen LogP contribution >= 0.6 is 0 Å². The van der Waals surface area contributed by atoms with Crippen molar-refractivity contribution in [2.45, 2.75) is 13.3 Å². The number of rotatable bonds is 4. The molecule has 0 aliphatic rings. The van der Waals surface area contributed by atoms with Gasteiger partial charge in [-0.2, -0.15) is 0 Å². The molecule has 1 amide bonds. The Labute approximate surface area is 76.3 Å². The van der Waals surface area contributed by atoms with Gasteiger partial charge in [-0.25, -0.2) is 0 Å². The molecule has 3 N–H and O–H groups in total. The van der Waals surface area contributed by atoms with Crippen molar-refractivity contribution in [3.05, 3.63) is 17.5 Å². The predicted molar refractivity (Wildman–Crippen MR) is 47.3 cm³/mol. The van der Waals surface area contributed by atoms with Gasteiger partial charge in [0, 0.05) is 25.6 Å². The van der Waals surface area contributed by atoms with Gasteiger partial charge in [-0.3, -0.25) is 4.79 Å². The van der Waals surface area contributed by atoms with Crippen LogP contribution in [0.3, 0.4) is 0 Å². The third kappa shape index (κ3) is 2.55. The van der Waals surface area contributed by atoms with E-state index in [4.69, 9.17) is 10.3 Å². The van der Waals surface area contributed by atoms with Crippen LogP contribution in [0.5, 0.6) is 0 Å². The van der Waals surface area contributed by atoms with Crippen molar-refractivity contribution in [3.63, 3.8) is 0 Å². The third-order valence-electron chi connectivity index (χ3n) is 1.57. The van der Waals surface area contributed by atoms with E-state index in [9.17, 15) is 4.79 Å². The van der Waals surface area contributed by atoms with Gasteiger partial charge < -0.3 is 15.6 Å². The lowest BCUT2D eigenvalue weighted by atomic mass is 10.3. The third-order valence-corrected chi connectivity index (χ3v) is 1.57. The largest absolute Gasteiger partial charge is 0.361 e. The molecule has 0 saturated heterocycles. The first-order valence-corrected chi connectivity index (χ1v) is 4.21. The second-order valence-corrected chi connectivity index (χ2v) is 2.58. The molecule has 0 fully saturated rings. The summed E-state index contributed by atoms with van der Waals surface area (Å²) in [6, 6.07) is 1.63. The van der Waals surface area contributed by atoms with Gasteiger partial charge in [0.1, 0.15) is 5.76 Å². The molecule has 0 aromatic carbocycles. The Morgan fingerprint density at radius 3 is 3.08 bits per heavy atom. The fourth-order valence-corrected chi connectivity index (χ4v) is 0.863. The SMILES string of the molecule is CCc1cc(C(=O)NCCN)no1. The summed E-state index contributed by atoms with van der Waals surface area (Å²) >= 11 is 0. The second kappa shape index (κ2) is 4.61. The van der Waals surface area contributed by atoms with Gasteiger partial charge in [0.05, 0.1) is 0 Å². The summed E-state index contributed by atoms with van der Waals surface area (Å²) in [5.41, 5.74) is 5.54. The maximum atomic E-state index is 11.2. The Bertz CT molecular complexity index is 283. The number of carbonyl (C=O) groups excluding carboxylic acids is 1. The van der Waals surface area contributed by atoms with Crippen molar-refractivity contribution in [3.8, 4) is 0 Å². The molecule has 5 heteroatoms. The van der Waals surface area contributed by atoms with Crippen LogP contribution in [0, 0.1) is 0 Å². The van der Waals surface area contributed by atoms with Gasteiger partial charge >= 0.3 is 0 Å². The Hall–Kier alpha value is -1.36. The van der Waals surface area contributed by atoms with Crippen molar-refractivity contribution < 1.29 is 9.32 Å². The Kier molecular flexibility index (Phi) is 3.45. The fraction of sp³-hybridized carbons (Fsp3) is 0.500. The van der Waals surface area contributed by atoms with Gasteiger partial charge in [0.15, 0.2) is 5.69 Å². The molecule has 0 radical (unpaired) electrons. The molecule has 0 atom stereocenters. The highest BCUT2D eigenvalue weighted by Crippen LogP contribution is 2.03. The monoisotopic (exact) mass is 183 g/mol. The van der Waals surface area contributed by atoms with Crippen LogP contribution in [-0.2, 0) is 6.42 Å². The molecule has 5 nitrogen and oxygen atoms in total. The number of nitrogens with two attached hydrogens (primary N) is 1. The maximum absolute atomic E-state index is 11.2. The molecule has 1 aromatic rings. The molecule has 0 spiro atoms. The smallest absolute Gasteiger partial charge is 0.273 e. The van der Waals surface area contributed by atoms with Crippen LogP contribution in [0.2, 0.25) is 0 Å². The zero-order chi connectivity index (χ0) is 9.68. The van der Waals surface area contributed by atoms with E-state index in [0.717, 1.165) is 6.42 Å². The molecule has 1 aromatic heterocycles. The second-order valence-electron chi connectivity index (χ2n) is 2.58. The lowest BCUT2D eigenvalue weighted by molar-refractivity contribution is 0.0945. The lowest BCUT2D eigenvalue weighted by Gasteiger charge is -1.97. The van der Waals surface area contributed by atoms with Crippen molar-refractivity contribution in [2.75, 3.05) is 13.1 Å². The minimum Gasteiger partial charge on any atom is -0.361 e. The van der Waals surface area contributed by atoms with E-state index >= 15 is 0 Å². The maximum Gasteiger partial charge on any atom is 0.273 e. The summed E-state index contributed by atoms with van der Waals surface area (Å²) in [5.74, 6) is 0.465. The molecule has 13 heavy (non-hydrogen) atoms. The average Bonchev–Trinajstić information content (AvgIpc) is 2.62. The Morgan fingerprint density at radius 2 is 2.54 bits per heavy atom. The minimum atomic E-state index is -0.242. The summed E-state index contributed by atoms with van der Waals surface area (Å²) in [6.45, 7) is 2.81. The quantitative estimate of drug-likeness (QED) is 0.684. The number of carbonyl (C=O) groups is 1. The van der Waals surface area contributed by atoms with E-state index in [0.29, 0.717) is 24.5 Å². The average molecular weight is 183 g/mol. The standard InChI is InChI=1S/C8H13N3O2/c1-2-6-5-7(11-13-6)8(12)10-4-3-9/h5H,2-4,9H2,1H3,(H,10,12). The van der Waals surface area contributed by atoms with E-state index in [1.165, 1.54) is 0 Å².